The molecule has 176 valence electrons. The summed E-state index contributed by atoms with van der Waals surface area (Å²) >= 11 is 0. The number of anilines is 1. The molecule has 0 unspecified atom stereocenters. The summed E-state index contributed by atoms with van der Waals surface area (Å²) in [4.78, 5) is 14.0. The molecule has 0 bridgehead atoms. The van der Waals surface area contributed by atoms with Crippen molar-refractivity contribution >= 4 is 35.8 Å². The second-order valence-corrected chi connectivity index (χ2v) is 8.23. The lowest BCUT2D eigenvalue weighted by Gasteiger charge is -2.34. The van der Waals surface area contributed by atoms with Gasteiger partial charge in [0.05, 0.1) is 6.10 Å². The summed E-state index contributed by atoms with van der Waals surface area (Å²) in [5.41, 5.74) is 1.19. The lowest BCUT2D eigenvalue weighted by molar-refractivity contribution is 0.00989. The fraction of sp³-hybridized carbons (Fsp3) is 0.739. The van der Waals surface area contributed by atoms with Crippen molar-refractivity contribution in [3.63, 3.8) is 0 Å². The Balaban J connectivity index is 0.00000341. The highest BCUT2D eigenvalue weighted by atomic mass is 127. The Morgan fingerprint density at radius 1 is 1.10 bits per heavy atom. The van der Waals surface area contributed by atoms with Crippen LogP contribution >= 0.6 is 24.0 Å². The zero-order valence-corrected chi connectivity index (χ0v) is 21.6. The molecule has 0 aliphatic carbocycles. The first-order valence-corrected chi connectivity index (χ1v) is 11.6. The highest BCUT2D eigenvalue weighted by molar-refractivity contribution is 14.0. The van der Waals surface area contributed by atoms with Gasteiger partial charge in [-0.2, -0.15) is 0 Å². The van der Waals surface area contributed by atoms with Crippen molar-refractivity contribution in [2.45, 2.75) is 57.6 Å². The maximum absolute atomic E-state index is 5.97. The first kappa shape index (κ1) is 26.1. The van der Waals surface area contributed by atoms with Crippen molar-refractivity contribution in [1.29, 1.82) is 0 Å². The number of nitrogens with one attached hydrogen (secondary N) is 1. The van der Waals surface area contributed by atoms with E-state index >= 15 is 0 Å². The van der Waals surface area contributed by atoms with Crippen LogP contribution in [-0.4, -0.2) is 75.5 Å². The summed E-state index contributed by atoms with van der Waals surface area (Å²) in [5.74, 6) is 2.07. The number of guanidine groups is 1. The lowest BCUT2D eigenvalue weighted by atomic mass is 10.1. The third-order valence-electron chi connectivity index (χ3n) is 5.99. The molecule has 3 rings (SSSR count). The third-order valence-corrected chi connectivity index (χ3v) is 5.99. The number of ether oxygens (including phenoxy) is 2. The number of hydrogen-bond donors (Lipinski definition) is 1. The van der Waals surface area contributed by atoms with Gasteiger partial charge in [0.15, 0.2) is 5.96 Å². The number of nitrogens with zero attached hydrogens (tertiary/aromatic N) is 4. The second kappa shape index (κ2) is 14.8. The minimum atomic E-state index is 0. The summed E-state index contributed by atoms with van der Waals surface area (Å²) in [6.45, 7) is 6.50. The predicted molar refractivity (Wildman–Crippen MR) is 138 cm³/mol. The molecule has 31 heavy (non-hydrogen) atoms. The molecule has 0 spiro atoms. The Kier molecular flexibility index (Phi) is 12.5. The molecule has 0 amide bonds. The van der Waals surface area contributed by atoms with Crippen LogP contribution < -0.4 is 10.2 Å². The molecular weight excluding hydrogens is 505 g/mol. The molecule has 0 aromatic carbocycles. The SMILES string of the molecule is CN=C(NCc1ccc(N2CCCCCC2)nc1)N1CCC(OCCCOC)CC1.I. The molecule has 2 saturated heterocycles. The van der Waals surface area contributed by atoms with Gasteiger partial charge < -0.3 is 24.6 Å². The average Bonchev–Trinajstić information content (AvgIpc) is 3.08. The third kappa shape index (κ3) is 8.73. The standard InChI is InChI=1S/C23H39N5O2.HI/c1-24-23(28-14-10-21(11-15-28)30-17-7-16-29-2)26-19-20-8-9-22(25-18-20)27-12-5-3-4-6-13-27;/h8-9,18,21H,3-7,10-17,19H2,1-2H3,(H,24,26);1H. The zero-order chi connectivity index (χ0) is 21.0. The van der Waals surface area contributed by atoms with Crippen LogP contribution in [-0.2, 0) is 16.0 Å². The summed E-state index contributed by atoms with van der Waals surface area (Å²) in [5, 5.41) is 3.50. The minimum Gasteiger partial charge on any atom is -0.385 e. The highest BCUT2D eigenvalue weighted by Crippen LogP contribution is 2.18. The Hall–Kier alpha value is -1.13. The molecule has 0 saturated carbocycles. The van der Waals surface area contributed by atoms with Crippen molar-refractivity contribution in [2.24, 2.45) is 4.99 Å². The maximum atomic E-state index is 5.97. The van der Waals surface area contributed by atoms with Crippen LogP contribution in [0.3, 0.4) is 0 Å². The topological polar surface area (TPSA) is 62.2 Å². The number of hydrogen-bond acceptors (Lipinski definition) is 5. The van der Waals surface area contributed by atoms with E-state index in [-0.39, 0.29) is 24.0 Å². The van der Waals surface area contributed by atoms with Crippen LogP contribution in [0.15, 0.2) is 23.3 Å². The maximum Gasteiger partial charge on any atom is 0.193 e. The van der Waals surface area contributed by atoms with Gasteiger partial charge in [-0.1, -0.05) is 18.9 Å². The molecule has 0 radical (unpaired) electrons. The van der Waals surface area contributed by atoms with E-state index in [1.165, 1.54) is 31.2 Å². The molecule has 3 heterocycles. The molecule has 0 atom stereocenters. The van der Waals surface area contributed by atoms with E-state index < -0.39 is 0 Å². The van der Waals surface area contributed by atoms with Crippen molar-refractivity contribution in [1.82, 2.24) is 15.2 Å². The number of pyridine rings is 1. The highest BCUT2D eigenvalue weighted by Gasteiger charge is 2.21. The first-order chi connectivity index (χ1) is 14.8. The summed E-state index contributed by atoms with van der Waals surface area (Å²) in [7, 11) is 3.59. The van der Waals surface area contributed by atoms with Crippen LogP contribution in [0.5, 0.6) is 0 Å². The molecule has 1 aromatic heterocycles. The smallest absolute Gasteiger partial charge is 0.193 e. The minimum absolute atomic E-state index is 0. The van der Waals surface area contributed by atoms with E-state index in [0.29, 0.717) is 6.10 Å². The Morgan fingerprint density at radius 2 is 1.84 bits per heavy atom. The molecule has 1 aromatic rings. The van der Waals surface area contributed by atoms with Gasteiger partial charge in [-0.15, -0.1) is 24.0 Å². The Morgan fingerprint density at radius 3 is 2.45 bits per heavy atom. The molecular formula is C23H40IN5O2. The van der Waals surface area contributed by atoms with Gasteiger partial charge in [-0.05, 0) is 43.7 Å². The van der Waals surface area contributed by atoms with E-state index in [0.717, 1.165) is 77.0 Å². The second-order valence-electron chi connectivity index (χ2n) is 8.23. The molecule has 2 aliphatic heterocycles. The van der Waals surface area contributed by atoms with E-state index in [2.05, 4.69) is 32.2 Å². The molecule has 1 N–H and O–H groups in total. The van der Waals surface area contributed by atoms with Crippen molar-refractivity contribution in [3.05, 3.63) is 23.9 Å². The predicted octanol–water partition coefficient (Wildman–Crippen LogP) is 3.67. The van der Waals surface area contributed by atoms with Crippen LogP contribution in [0, 0.1) is 0 Å². The van der Waals surface area contributed by atoms with Gasteiger partial charge in [0.25, 0.3) is 0 Å². The van der Waals surface area contributed by atoms with Gasteiger partial charge in [0, 0.05) is 66.3 Å². The van der Waals surface area contributed by atoms with Gasteiger partial charge in [0.2, 0.25) is 0 Å². The number of piperidine rings is 1. The molecule has 8 heteroatoms. The fourth-order valence-corrected chi connectivity index (χ4v) is 4.21. The largest absolute Gasteiger partial charge is 0.385 e. The number of likely N-dealkylation sites (tertiary alicyclic amines) is 1. The zero-order valence-electron chi connectivity index (χ0n) is 19.2. The lowest BCUT2D eigenvalue weighted by Crippen LogP contribution is -2.46. The quantitative estimate of drug-likeness (QED) is 0.233. The van der Waals surface area contributed by atoms with Crippen molar-refractivity contribution < 1.29 is 9.47 Å². The van der Waals surface area contributed by atoms with Gasteiger partial charge in [0.1, 0.15) is 5.82 Å². The van der Waals surface area contributed by atoms with Gasteiger partial charge in [-0.25, -0.2) is 4.98 Å². The van der Waals surface area contributed by atoms with E-state index in [9.17, 15) is 0 Å². The number of aliphatic imine (C=N–C) groups is 1. The number of methoxy groups -OCH3 is 1. The number of aromatic nitrogens is 1. The summed E-state index contributed by atoms with van der Waals surface area (Å²) in [6, 6.07) is 4.35. The van der Waals surface area contributed by atoms with Crippen LogP contribution in [0.4, 0.5) is 5.82 Å². The molecule has 7 nitrogen and oxygen atoms in total. The van der Waals surface area contributed by atoms with Crippen molar-refractivity contribution in [2.75, 3.05) is 58.5 Å². The van der Waals surface area contributed by atoms with Gasteiger partial charge >= 0.3 is 0 Å². The summed E-state index contributed by atoms with van der Waals surface area (Å²) in [6.07, 6.45) is 10.6. The first-order valence-electron chi connectivity index (χ1n) is 11.6. The Labute approximate surface area is 205 Å². The normalized spacial score (nSPS) is 18.5. The van der Waals surface area contributed by atoms with E-state index in [1.54, 1.807) is 7.11 Å². The van der Waals surface area contributed by atoms with Crippen LogP contribution in [0.1, 0.15) is 50.5 Å². The van der Waals surface area contributed by atoms with E-state index in [4.69, 9.17) is 14.5 Å². The monoisotopic (exact) mass is 545 g/mol. The van der Waals surface area contributed by atoms with Crippen LogP contribution in [0.2, 0.25) is 0 Å². The number of halogens is 1. The average molecular weight is 546 g/mol. The van der Waals surface area contributed by atoms with Crippen LogP contribution in [0.25, 0.3) is 0 Å². The summed E-state index contributed by atoms with van der Waals surface area (Å²) < 4.78 is 11.0. The van der Waals surface area contributed by atoms with Crippen molar-refractivity contribution in [3.8, 4) is 0 Å². The van der Waals surface area contributed by atoms with Gasteiger partial charge in [-0.3, -0.25) is 4.99 Å². The fourth-order valence-electron chi connectivity index (χ4n) is 4.21. The molecule has 2 fully saturated rings. The molecule has 2 aliphatic rings. The van der Waals surface area contributed by atoms with E-state index in [1.807, 2.05) is 13.2 Å². The number of rotatable bonds is 8. The Bertz CT molecular complexity index is 627.